The van der Waals surface area contributed by atoms with Gasteiger partial charge in [-0.15, -0.1) is 0 Å². The third kappa shape index (κ3) is 1.83. The molecule has 0 aliphatic carbocycles. The quantitative estimate of drug-likeness (QED) is 0.851. The molecule has 1 aromatic rings. The molecule has 0 fully saturated rings. The van der Waals surface area contributed by atoms with Crippen molar-refractivity contribution in [2.45, 2.75) is 11.8 Å². The van der Waals surface area contributed by atoms with E-state index in [9.17, 15) is 13.2 Å². The van der Waals surface area contributed by atoms with Gasteiger partial charge < -0.3 is 5.11 Å². The first kappa shape index (κ1) is 12.1. The van der Waals surface area contributed by atoms with Crippen LogP contribution in [0.4, 0.5) is 0 Å². The summed E-state index contributed by atoms with van der Waals surface area (Å²) < 4.78 is 25.0. The average Bonchev–Trinajstić information content (AvgIpc) is 2.51. The Morgan fingerprint density at radius 3 is 2.59 bits per heavy atom. The largest absolute Gasteiger partial charge is 0.396 e. The van der Waals surface area contributed by atoms with E-state index in [2.05, 4.69) is 0 Å². The Kier molecular flexibility index (Phi) is 2.92. The van der Waals surface area contributed by atoms with Crippen LogP contribution in [0, 0.1) is 5.92 Å². The van der Waals surface area contributed by atoms with Gasteiger partial charge >= 0.3 is 0 Å². The minimum atomic E-state index is -3.73. The van der Waals surface area contributed by atoms with Gasteiger partial charge in [-0.1, -0.05) is 19.1 Å². The fourth-order valence-corrected chi connectivity index (χ4v) is 3.44. The van der Waals surface area contributed by atoms with Crippen molar-refractivity contribution >= 4 is 15.9 Å². The summed E-state index contributed by atoms with van der Waals surface area (Å²) in [7, 11) is -3.73. The number of amides is 1. The second-order valence-corrected chi connectivity index (χ2v) is 5.96. The summed E-state index contributed by atoms with van der Waals surface area (Å²) in [5, 5.41) is 8.94. The number of nitrogens with zero attached hydrogens (tertiary/aromatic N) is 1. The fourth-order valence-electron chi connectivity index (χ4n) is 1.75. The Balaban J connectivity index is 2.44. The first-order valence-electron chi connectivity index (χ1n) is 5.25. The van der Waals surface area contributed by atoms with E-state index in [1.54, 1.807) is 19.1 Å². The van der Waals surface area contributed by atoms with Gasteiger partial charge in [-0.25, -0.2) is 12.7 Å². The van der Waals surface area contributed by atoms with E-state index in [0.29, 0.717) is 0 Å². The maximum Gasteiger partial charge on any atom is 0.269 e. The minimum absolute atomic E-state index is 0.00630. The van der Waals surface area contributed by atoms with Crippen LogP contribution in [0.5, 0.6) is 0 Å². The second kappa shape index (κ2) is 4.12. The van der Waals surface area contributed by atoms with Crippen molar-refractivity contribution in [1.82, 2.24) is 4.31 Å². The Bertz CT molecular complexity index is 552. The zero-order chi connectivity index (χ0) is 12.6. The molecule has 0 aromatic heterocycles. The summed E-state index contributed by atoms with van der Waals surface area (Å²) >= 11 is 0. The Morgan fingerprint density at radius 2 is 2.00 bits per heavy atom. The summed E-state index contributed by atoms with van der Waals surface area (Å²) in [6.45, 7) is 1.54. The molecule has 0 spiro atoms. The van der Waals surface area contributed by atoms with Crippen LogP contribution < -0.4 is 0 Å². The molecule has 1 N–H and O–H groups in total. The van der Waals surface area contributed by atoms with Gasteiger partial charge in [-0.2, -0.15) is 0 Å². The van der Waals surface area contributed by atoms with Crippen LogP contribution in [0.1, 0.15) is 17.3 Å². The highest BCUT2D eigenvalue weighted by Gasteiger charge is 2.41. The van der Waals surface area contributed by atoms with Crippen LogP contribution in [0.25, 0.3) is 0 Å². The minimum Gasteiger partial charge on any atom is -0.396 e. The summed E-state index contributed by atoms with van der Waals surface area (Å²) in [5.74, 6) is -0.788. The fraction of sp³-hybridized carbons (Fsp3) is 0.364. The van der Waals surface area contributed by atoms with Crippen molar-refractivity contribution in [3.8, 4) is 0 Å². The third-order valence-electron chi connectivity index (χ3n) is 2.70. The van der Waals surface area contributed by atoms with E-state index in [4.69, 9.17) is 5.11 Å². The highest BCUT2D eigenvalue weighted by atomic mass is 32.2. The summed E-state index contributed by atoms with van der Waals surface area (Å²) in [5.41, 5.74) is 0.206. The lowest BCUT2D eigenvalue weighted by Gasteiger charge is -2.18. The van der Waals surface area contributed by atoms with Crippen molar-refractivity contribution in [2.75, 3.05) is 13.2 Å². The van der Waals surface area contributed by atoms with E-state index in [0.717, 1.165) is 4.31 Å². The lowest BCUT2D eigenvalue weighted by atomic mass is 10.2. The van der Waals surface area contributed by atoms with E-state index < -0.39 is 15.9 Å². The molecule has 1 aromatic carbocycles. The number of sulfonamides is 1. The van der Waals surface area contributed by atoms with Gasteiger partial charge in [0, 0.05) is 13.2 Å². The standard InChI is InChI=1S/C11H13NO4S/c1-8(7-13)6-12-11(14)9-4-2-3-5-10(9)17(12,15)16/h2-5,8,13H,6-7H2,1H3. The number of hydrogen-bond acceptors (Lipinski definition) is 4. The average molecular weight is 255 g/mol. The highest BCUT2D eigenvalue weighted by Crippen LogP contribution is 2.30. The van der Waals surface area contributed by atoms with Crippen molar-refractivity contribution < 1.29 is 18.3 Å². The van der Waals surface area contributed by atoms with E-state index in [1.165, 1.54) is 12.1 Å². The van der Waals surface area contributed by atoms with Crippen LogP contribution in [-0.4, -0.2) is 36.9 Å². The molecule has 2 rings (SSSR count). The molecular formula is C11H13NO4S. The first-order chi connectivity index (χ1) is 7.98. The number of aliphatic hydroxyl groups excluding tert-OH is 1. The van der Waals surface area contributed by atoms with Crippen molar-refractivity contribution in [1.29, 1.82) is 0 Å². The lowest BCUT2D eigenvalue weighted by Crippen LogP contribution is -2.34. The number of fused-ring (bicyclic) bond motifs is 1. The lowest BCUT2D eigenvalue weighted by molar-refractivity contribution is 0.0846. The van der Waals surface area contributed by atoms with Gasteiger partial charge in [0.25, 0.3) is 15.9 Å². The predicted octanol–water partition coefficient (Wildman–Crippen LogP) is 0.460. The molecule has 1 aliphatic rings. The number of aliphatic hydroxyl groups is 1. The monoisotopic (exact) mass is 255 g/mol. The van der Waals surface area contributed by atoms with Crippen molar-refractivity contribution in [3.63, 3.8) is 0 Å². The Labute approximate surface area is 99.7 Å². The second-order valence-electron chi connectivity index (χ2n) is 4.13. The normalized spacial score (nSPS) is 19.2. The molecule has 1 atom stereocenters. The number of rotatable bonds is 3. The molecule has 0 saturated heterocycles. The molecule has 92 valence electrons. The molecule has 1 aliphatic heterocycles. The number of carbonyl (C=O) groups excluding carboxylic acids is 1. The third-order valence-corrected chi connectivity index (χ3v) is 4.51. The van der Waals surface area contributed by atoms with Gasteiger partial charge in [0.1, 0.15) is 4.90 Å². The summed E-state index contributed by atoms with van der Waals surface area (Å²) in [6.07, 6.45) is 0. The SMILES string of the molecule is CC(CO)CN1C(=O)c2ccccc2S1(=O)=O. The van der Waals surface area contributed by atoms with Gasteiger partial charge in [0.05, 0.1) is 5.56 Å². The van der Waals surface area contributed by atoms with E-state index >= 15 is 0 Å². The molecule has 6 heteroatoms. The molecule has 0 saturated carbocycles. The molecule has 1 heterocycles. The van der Waals surface area contributed by atoms with Crippen LogP contribution in [-0.2, 0) is 10.0 Å². The molecule has 0 radical (unpaired) electrons. The van der Waals surface area contributed by atoms with E-state index in [-0.39, 0.29) is 29.5 Å². The zero-order valence-electron chi connectivity index (χ0n) is 9.33. The molecule has 1 unspecified atom stereocenters. The number of hydrogen-bond donors (Lipinski definition) is 1. The van der Waals surface area contributed by atoms with Crippen LogP contribution >= 0.6 is 0 Å². The van der Waals surface area contributed by atoms with Crippen molar-refractivity contribution in [2.24, 2.45) is 5.92 Å². The Morgan fingerprint density at radius 1 is 1.35 bits per heavy atom. The van der Waals surface area contributed by atoms with Crippen LogP contribution in [0.2, 0.25) is 0 Å². The summed E-state index contributed by atoms with van der Waals surface area (Å²) in [6, 6.07) is 6.14. The molecule has 0 bridgehead atoms. The maximum absolute atomic E-state index is 12.1. The topological polar surface area (TPSA) is 74.7 Å². The smallest absolute Gasteiger partial charge is 0.269 e. The number of benzene rings is 1. The van der Waals surface area contributed by atoms with Crippen LogP contribution in [0.3, 0.4) is 0 Å². The molecule has 1 amide bonds. The van der Waals surface area contributed by atoms with E-state index in [1.807, 2.05) is 0 Å². The van der Waals surface area contributed by atoms with Crippen LogP contribution in [0.15, 0.2) is 29.2 Å². The molecule has 17 heavy (non-hydrogen) atoms. The van der Waals surface area contributed by atoms with Gasteiger partial charge in [0.2, 0.25) is 0 Å². The maximum atomic E-state index is 12.1. The van der Waals surface area contributed by atoms with Crippen molar-refractivity contribution in [3.05, 3.63) is 29.8 Å². The predicted molar refractivity (Wildman–Crippen MR) is 60.9 cm³/mol. The van der Waals surface area contributed by atoms with Gasteiger partial charge in [-0.3, -0.25) is 4.79 Å². The van der Waals surface area contributed by atoms with Gasteiger partial charge in [0.15, 0.2) is 0 Å². The first-order valence-corrected chi connectivity index (χ1v) is 6.69. The van der Waals surface area contributed by atoms with Gasteiger partial charge in [-0.05, 0) is 18.1 Å². The molecule has 5 nitrogen and oxygen atoms in total. The zero-order valence-corrected chi connectivity index (χ0v) is 10.1. The molecular weight excluding hydrogens is 242 g/mol. The summed E-state index contributed by atoms with van der Waals surface area (Å²) in [4.78, 5) is 12.0. The Hall–Kier alpha value is -1.40. The highest BCUT2D eigenvalue weighted by molar-refractivity contribution is 7.90. The number of carbonyl (C=O) groups is 1.